The molecule has 0 aliphatic heterocycles. The Balaban J connectivity index is 2.25. The highest BCUT2D eigenvalue weighted by atomic mass is 16.2. The third kappa shape index (κ3) is 2.60. The Hall–Kier alpha value is -3.32. The van der Waals surface area contributed by atoms with Crippen LogP contribution in [0, 0.1) is 34.5 Å². The number of rotatable bonds is 2. The van der Waals surface area contributed by atoms with E-state index in [1.807, 2.05) is 30.3 Å². The number of anilines is 1. The van der Waals surface area contributed by atoms with Crippen LogP contribution in [0.1, 0.15) is 17.3 Å². The average molecular weight is 335 g/mol. The van der Waals surface area contributed by atoms with Crippen LogP contribution in [0.2, 0.25) is 0 Å². The number of hydrogen-bond acceptors (Lipinski definition) is 5. The van der Waals surface area contributed by atoms with E-state index in [0.717, 1.165) is 10.3 Å². The summed E-state index contributed by atoms with van der Waals surface area (Å²) in [5.41, 5.74) is 0.775. The maximum absolute atomic E-state index is 12.8. The second-order valence-electron chi connectivity index (χ2n) is 6.15. The molecule has 0 unspecified atom stereocenters. The molecule has 0 saturated carbocycles. The molecule has 0 radical (unpaired) electrons. The topological polar surface area (TPSA) is 104 Å². The number of nitrogens with zero attached hydrogens (tertiary/aromatic N) is 4. The number of hydrogen-bond donors (Lipinski definition) is 1. The van der Waals surface area contributed by atoms with Gasteiger partial charge in [0, 0.05) is 31.9 Å². The highest BCUT2D eigenvalue weighted by molar-refractivity contribution is 5.47. The molecule has 126 valence electrons. The minimum Gasteiger partial charge on any atom is -0.377 e. The lowest BCUT2D eigenvalue weighted by Gasteiger charge is -2.34. The van der Waals surface area contributed by atoms with Crippen LogP contribution in [0.15, 0.2) is 39.9 Å². The molecule has 0 amide bonds. The first kappa shape index (κ1) is 16.5. The van der Waals surface area contributed by atoms with Gasteiger partial charge in [-0.3, -0.25) is 9.36 Å². The van der Waals surface area contributed by atoms with E-state index in [4.69, 9.17) is 0 Å². The van der Waals surface area contributed by atoms with Crippen molar-refractivity contribution in [2.45, 2.75) is 12.5 Å². The summed E-state index contributed by atoms with van der Waals surface area (Å²) < 4.78 is 2.44. The lowest BCUT2D eigenvalue weighted by Crippen LogP contribution is -2.47. The summed E-state index contributed by atoms with van der Waals surface area (Å²) in [6.45, 7) is 0. The van der Waals surface area contributed by atoms with E-state index in [2.05, 4.69) is 17.5 Å². The molecule has 7 heteroatoms. The number of nitrogens with one attached hydrogen (secondary N) is 1. The molecule has 0 fully saturated rings. The van der Waals surface area contributed by atoms with Crippen LogP contribution in [0.3, 0.4) is 0 Å². The van der Waals surface area contributed by atoms with Crippen LogP contribution >= 0.6 is 0 Å². The van der Waals surface area contributed by atoms with Gasteiger partial charge in [0.15, 0.2) is 0 Å². The van der Waals surface area contributed by atoms with Crippen molar-refractivity contribution in [2.24, 2.45) is 25.9 Å². The predicted octanol–water partition coefficient (Wildman–Crippen LogP) is 1.07. The fraction of sp³-hybridized carbons (Fsp3) is 0.333. The van der Waals surface area contributed by atoms with Gasteiger partial charge in [-0.2, -0.15) is 10.5 Å². The van der Waals surface area contributed by atoms with E-state index >= 15 is 0 Å². The Morgan fingerprint density at radius 2 is 1.76 bits per heavy atom. The highest BCUT2D eigenvalue weighted by Crippen LogP contribution is 2.37. The molecule has 1 aromatic heterocycles. The zero-order chi connectivity index (χ0) is 18.1. The van der Waals surface area contributed by atoms with Gasteiger partial charge in [0.05, 0.1) is 35.6 Å². The summed E-state index contributed by atoms with van der Waals surface area (Å²) in [5.74, 6) is -1.29. The molecular formula is C18H17N5O2. The zero-order valence-electron chi connectivity index (χ0n) is 13.9. The average Bonchev–Trinajstić information content (AvgIpc) is 2.64. The molecule has 0 spiro atoms. The van der Waals surface area contributed by atoms with Crippen LogP contribution < -0.4 is 16.6 Å². The van der Waals surface area contributed by atoms with Gasteiger partial charge >= 0.3 is 5.69 Å². The van der Waals surface area contributed by atoms with Crippen molar-refractivity contribution in [2.75, 3.05) is 5.32 Å². The summed E-state index contributed by atoms with van der Waals surface area (Å²) in [6.07, 6.45) is 0.207. The Morgan fingerprint density at radius 3 is 2.36 bits per heavy atom. The fourth-order valence-corrected chi connectivity index (χ4v) is 3.38. The van der Waals surface area contributed by atoms with Crippen LogP contribution in [-0.2, 0) is 20.5 Å². The summed E-state index contributed by atoms with van der Waals surface area (Å²) in [5, 5.41) is 22.3. The zero-order valence-corrected chi connectivity index (χ0v) is 13.9. The van der Waals surface area contributed by atoms with E-state index in [0.29, 0.717) is 11.3 Å². The molecule has 3 atom stereocenters. The standard InChI is InChI=1S/C18H17N5O2/c1-22-14-8-11(9-19)13(10-20)16(21-12-6-4-3-5-7-12)15(14)17(24)23(2)18(22)25/h3-7,11,13,16,21H,8H2,1-2H3/t11-,13-,16+/m0/s1. The monoisotopic (exact) mass is 335 g/mol. The Morgan fingerprint density at radius 1 is 1.08 bits per heavy atom. The van der Waals surface area contributed by atoms with Crippen LogP contribution in [0.5, 0.6) is 0 Å². The van der Waals surface area contributed by atoms with Gasteiger partial charge in [-0.05, 0) is 12.1 Å². The van der Waals surface area contributed by atoms with Gasteiger partial charge in [0.25, 0.3) is 5.56 Å². The smallest absolute Gasteiger partial charge is 0.330 e. The predicted molar refractivity (Wildman–Crippen MR) is 91.6 cm³/mol. The third-order valence-corrected chi connectivity index (χ3v) is 4.75. The second kappa shape index (κ2) is 6.29. The van der Waals surface area contributed by atoms with Crippen LogP contribution in [0.25, 0.3) is 0 Å². The molecule has 1 N–H and O–H groups in total. The first-order valence-electron chi connectivity index (χ1n) is 7.89. The number of fused-ring (bicyclic) bond motifs is 1. The van der Waals surface area contributed by atoms with Gasteiger partial charge in [-0.1, -0.05) is 18.2 Å². The molecule has 0 saturated heterocycles. The third-order valence-electron chi connectivity index (χ3n) is 4.75. The van der Waals surface area contributed by atoms with E-state index in [-0.39, 0.29) is 6.42 Å². The van der Waals surface area contributed by atoms with Crippen molar-refractivity contribution in [3.63, 3.8) is 0 Å². The molecule has 0 bridgehead atoms. The quantitative estimate of drug-likeness (QED) is 0.884. The van der Waals surface area contributed by atoms with Crippen LogP contribution in [0.4, 0.5) is 5.69 Å². The molecule has 3 rings (SSSR count). The van der Waals surface area contributed by atoms with E-state index < -0.39 is 29.1 Å². The van der Waals surface area contributed by atoms with Crippen molar-refractivity contribution in [3.05, 3.63) is 62.4 Å². The van der Waals surface area contributed by atoms with Gasteiger partial charge in [0.1, 0.15) is 0 Å². The SMILES string of the molecule is Cn1c2c(c(=O)n(C)c1=O)[C@H](Nc1ccccc1)[C@@H](C#N)[C@H](C#N)C2. The van der Waals surface area contributed by atoms with Gasteiger partial charge in [-0.25, -0.2) is 4.79 Å². The van der Waals surface area contributed by atoms with Crippen molar-refractivity contribution in [1.29, 1.82) is 10.5 Å². The molecule has 25 heavy (non-hydrogen) atoms. The lowest BCUT2D eigenvalue weighted by atomic mass is 9.75. The van der Waals surface area contributed by atoms with Crippen molar-refractivity contribution >= 4 is 5.69 Å². The summed E-state index contributed by atoms with van der Waals surface area (Å²) >= 11 is 0. The number of para-hydroxylation sites is 1. The first-order valence-corrected chi connectivity index (χ1v) is 7.89. The highest BCUT2D eigenvalue weighted by Gasteiger charge is 2.41. The summed E-state index contributed by atoms with van der Waals surface area (Å²) in [6, 6.07) is 12.9. The normalized spacial score (nSPS) is 21.7. The molecule has 2 aromatic rings. The molecular weight excluding hydrogens is 318 g/mol. The summed E-state index contributed by atoms with van der Waals surface area (Å²) in [7, 11) is 3.00. The summed E-state index contributed by atoms with van der Waals surface area (Å²) in [4.78, 5) is 25.0. The Bertz CT molecular complexity index is 1010. The number of aromatic nitrogens is 2. The van der Waals surface area contributed by atoms with Crippen molar-refractivity contribution < 1.29 is 0 Å². The molecule has 1 aliphatic rings. The maximum atomic E-state index is 12.8. The minimum atomic E-state index is -0.692. The van der Waals surface area contributed by atoms with Gasteiger partial charge in [0.2, 0.25) is 0 Å². The molecule has 1 aliphatic carbocycles. The van der Waals surface area contributed by atoms with Crippen molar-refractivity contribution in [3.8, 4) is 12.1 Å². The van der Waals surface area contributed by atoms with E-state index in [1.165, 1.54) is 11.6 Å². The maximum Gasteiger partial charge on any atom is 0.330 e. The molecule has 1 aromatic carbocycles. The fourth-order valence-electron chi connectivity index (χ4n) is 3.38. The second-order valence-corrected chi connectivity index (χ2v) is 6.15. The Labute approximate surface area is 144 Å². The first-order chi connectivity index (χ1) is 12.0. The van der Waals surface area contributed by atoms with E-state index in [1.54, 1.807) is 7.05 Å². The lowest BCUT2D eigenvalue weighted by molar-refractivity contribution is 0.382. The number of nitriles is 2. The van der Waals surface area contributed by atoms with Crippen molar-refractivity contribution in [1.82, 2.24) is 9.13 Å². The Kier molecular flexibility index (Phi) is 4.16. The molecule has 1 heterocycles. The minimum absolute atomic E-state index is 0.207. The van der Waals surface area contributed by atoms with Gasteiger partial charge in [-0.15, -0.1) is 0 Å². The van der Waals surface area contributed by atoms with E-state index in [9.17, 15) is 20.1 Å². The number of benzene rings is 1. The van der Waals surface area contributed by atoms with Gasteiger partial charge < -0.3 is 9.88 Å². The molecule has 7 nitrogen and oxygen atoms in total. The largest absolute Gasteiger partial charge is 0.377 e. The van der Waals surface area contributed by atoms with Crippen LogP contribution in [-0.4, -0.2) is 9.13 Å².